The zero-order valence-electron chi connectivity index (χ0n) is 14.4. The second-order valence-electron chi connectivity index (χ2n) is 7.31. The Morgan fingerprint density at radius 1 is 1.22 bits per heavy atom. The second-order valence-corrected chi connectivity index (χ2v) is 7.31. The average molecular weight is 323 g/mol. The molecule has 7 heteroatoms. The fourth-order valence-corrected chi connectivity index (χ4v) is 2.07. The second kappa shape index (κ2) is 5.58. The Kier molecular flexibility index (Phi) is 4.34. The number of carbonyl (C=O) groups is 1. The summed E-state index contributed by atoms with van der Waals surface area (Å²) >= 11 is 0. The number of halogens is 1. The van der Waals surface area contributed by atoms with Crippen molar-refractivity contribution < 1.29 is 23.6 Å². The average Bonchev–Trinajstić information content (AvgIpc) is 2.59. The van der Waals surface area contributed by atoms with E-state index in [1.165, 1.54) is 19.9 Å². The van der Waals surface area contributed by atoms with E-state index in [0.29, 0.717) is 0 Å². The lowest BCUT2D eigenvalue weighted by Gasteiger charge is -2.32. The zero-order chi connectivity index (χ0) is 17.6. The van der Waals surface area contributed by atoms with Crippen LogP contribution in [0, 0.1) is 5.82 Å². The molecule has 1 fully saturated rings. The molecule has 0 bridgehead atoms. The molecule has 126 valence electrons. The van der Waals surface area contributed by atoms with Crippen LogP contribution in [0.2, 0.25) is 0 Å². The molecule has 1 saturated heterocycles. The molecule has 0 saturated carbocycles. The number of hydrogen-bond donors (Lipinski definition) is 2. The van der Waals surface area contributed by atoms with Crippen LogP contribution in [0.3, 0.4) is 0 Å². The lowest BCUT2D eigenvalue weighted by atomic mass is 9.78. The number of rotatable bonds is 3. The molecule has 23 heavy (non-hydrogen) atoms. The van der Waals surface area contributed by atoms with Crippen LogP contribution in [0.1, 0.15) is 41.5 Å². The molecule has 1 aliphatic rings. The molecule has 1 aliphatic heterocycles. The summed E-state index contributed by atoms with van der Waals surface area (Å²) in [5.41, 5.74) is -2.60. The molecule has 0 atom stereocenters. The van der Waals surface area contributed by atoms with E-state index in [1.807, 2.05) is 27.7 Å². The van der Waals surface area contributed by atoms with Crippen molar-refractivity contribution >= 4 is 24.2 Å². The summed E-state index contributed by atoms with van der Waals surface area (Å²) in [4.78, 5) is 11.8. The van der Waals surface area contributed by atoms with Gasteiger partial charge in [0.15, 0.2) is 0 Å². The lowest BCUT2D eigenvalue weighted by Crippen LogP contribution is -2.41. The van der Waals surface area contributed by atoms with E-state index in [-0.39, 0.29) is 11.2 Å². The predicted octanol–water partition coefficient (Wildman–Crippen LogP) is 1.83. The molecule has 2 rings (SSSR count). The van der Waals surface area contributed by atoms with Crippen molar-refractivity contribution in [1.82, 2.24) is 0 Å². The van der Waals surface area contributed by atoms with Gasteiger partial charge in [-0.1, -0.05) is 12.1 Å². The van der Waals surface area contributed by atoms with Crippen LogP contribution in [-0.4, -0.2) is 34.9 Å². The summed E-state index contributed by atoms with van der Waals surface area (Å²) in [5.74, 6) is -1.33. The maximum atomic E-state index is 14.7. The van der Waals surface area contributed by atoms with Crippen LogP contribution in [-0.2, 0) is 14.1 Å². The Morgan fingerprint density at radius 2 is 1.74 bits per heavy atom. The first-order valence-corrected chi connectivity index (χ1v) is 7.53. The first-order valence-electron chi connectivity index (χ1n) is 7.53. The van der Waals surface area contributed by atoms with Gasteiger partial charge in [0.05, 0.1) is 16.9 Å². The Balaban J connectivity index is 2.30. The van der Waals surface area contributed by atoms with Gasteiger partial charge in [0.1, 0.15) is 11.4 Å². The Bertz CT molecular complexity index is 609. The topological polar surface area (TPSA) is 67.8 Å². The van der Waals surface area contributed by atoms with Crippen LogP contribution >= 0.6 is 0 Å². The first-order chi connectivity index (χ1) is 10.3. The highest BCUT2D eigenvalue weighted by Crippen LogP contribution is 2.36. The number of anilines is 1. The molecule has 1 heterocycles. The third-order valence-corrected chi connectivity index (χ3v) is 4.34. The van der Waals surface area contributed by atoms with E-state index < -0.39 is 35.6 Å². The van der Waals surface area contributed by atoms with E-state index >= 15 is 0 Å². The van der Waals surface area contributed by atoms with Crippen LogP contribution in [0.15, 0.2) is 18.2 Å². The highest BCUT2D eigenvalue weighted by atomic mass is 19.1. The first kappa shape index (κ1) is 17.9. The SMILES string of the molecule is CC(C)(O)C(=O)Nc1cccc(B2OC(C)(C)C(C)(C)O2)c1F. The fourth-order valence-electron chi connectivity index (χ4n) is 2.07. The summed E-state index contributed by atoms with van der Waals surface area (Å²) in [7, 11) is -0.862. The van der Waals surface area contributed by atoms with E-state index in [2.05, 4.69) is 5.32 Å². The van der Waals surface area contributed by atoms with E-state index in [1.54, 1.807) is 12.1 Å². The Morgan fingerprint density at radius 3 is 2.22 bits per heavy atom. The van der Waals surface area contributed by atoms with E-state index in [0.717, 1.165) is 0 Å². The molecule has 5 nitrogen and oxygen atoms in total. The van der Waals surface area contributed by atoms with Crippen molar-refractivity contribution in [1.29, 1.82) is 0 Å². The van der Waals surface area contributed by atoms with Gasteiger partial charge in [-0.2, -0.15) is 0 Å². The molecule has 2 N–H and O–H groups in total. The van der Waals surface area contributed by atoms with Crippen LogP contribution in [0.25, 0.3) is 0 Å². The zero-order valence-corrected chi connectivity index (χ0v) is 14.4. The summed E-state index contributed by atoms with van der Waals surface area (Å²) < 4.78 is 26.4. The third kappa shape index (κ3) is 3.41. The highest BCUT2D eigenvalue weighted by molar-refractivity contribution is 6.62. The fraction of sp³-hybridized carbons (Fsp3) is 0.562. The monoisotopic (exact) mass is 323 g/mol. The van der Waals surface area contributed by atoms with Crippen molar-refractivity contribution in [3.05, 3.63) is 24.0 Å². The summed E-state index contributed by atoms with van der Waals surface area (Å²) in [6, 6.07) is 4.58. The molecule has 0 spiro atoms. The number of nitrogens with one attached hydrogen (secondary N) is 1. The lowest BCUT2D eigenvalue weighted by molar-refractivity contribution is -0.130. The maximum absolute atomic E-state index is 14.7. The molecule has 0 aromatic heterocycles. The quantitative estimate of drug-likeness (QED) is 0.833. The van der Waals surface area contributed by atoms with Crippen molar-refractivity contribution in [2.75, 3.05) is 5.32 Å². The van der Waals surface area contributed by atoms with Crippen molar-refractivity contribution in [2.45, 2.75) is 58.3 Å². The number of hydrogen-bond acceptors (Lipinski definition) is 4. The van der Waals surface area contributed by atoms with Crippen LogP contribution < -0.4 is 10.8 Å². The molecular weight excluding hydrogens is 300 g/mol. The number of carbonyl (C=O) groups excluding carboxylic acids is 1. The predicted molar refractivity (Wildman–Crippen MR) is 87.0 cm³/mol. The van der Waals surface area contributed by atoms with E-state index in [9.17, 15) is 14.3 Å². The minimum Gasteiger partial charge on any atom is -0.399 e. The van der Waals surface area contributed by atoms with Gasteiger partial charge in [-0.15, -0.1) is 0 Å². The van der Waals surface area contributed by atoms with Crippen LogP contribution in [0.4, 0.5) is 10.1 Å². The Hall–Kier alpha value is -1.44. The van der Waals surface area contributed by atoms with Crippen molar-refractivity contribution in [3.8, 4) is 0 Å². The van der Waals surface area contributed by atoms with Gasteiger partial charge in [0, 0.05) is 5.46 Å². The minimum absolute atomic E-state index is 0.0238. The highest BCUT2D eigenvalue weighted by Gasteiger charge is 2.52. The molecule has 1 amide bonds. The third-order valence-electron chi connectivity index (χ3n) is 4.34. The number of benzene rings is 1. The molecule has 0 unspecified atom stereocenters. The minimum atomic E-state index is -1.60. The smallest absolute Gasteiger partial charge is 0.399 e. The van der Waals surface area contributed by atoms with Gasteiger partial charge >= 0.3 is 7.12 Å². The maximum Gasteiger partial charge on any atom is 0.497 e. The number of amides is 1. The van der Waals surface area contributed by atoms with Gasteiger partial charge in [-0.3, -0.25) is 4.79 Å². The van der Waals surface area contributed by atoms with Crippen LogP contribution in [0.5, 0.6) is 0 Å². The molecule has 0 aliphatic carbocycles. The summed E-state index contributed by atoms with van der Waals surface area (Å²) in [6.45, 7) is 10.2. The standard InChI is InChI=1S/C16H23BFNO4/c1-14(2,21)13(20)19-11-9-7-8-10(12(11)18)17-22-15(3,4)16(5,6)23-17/h7-9,21H,1-6H3,(H,19,20). The molecule has 1 aromatic carbocycles. The Labute approximate surface area is 136 Å². The van der Waals surface area contributed by atoms with Gasteiger partial charge in [-0.05, 0) is 47.6 Å². The number of aliphatic hydroxyl groups is 1. The molecule has 1 aromatic rings. The summed E-state index contributed by atoms with van der Waals surface area (Å²) in [5, 5.41) is 12.1. The molecule has 0 radical (unpaired) electrons. The van der Waals surface area contributed by atoms with E-state index in [4.69, 9.17) is 9.31 Å². The van der Waals surface area contributed by atoms with Crippen molar-refractivity contribution in [3.63, 3.8) is 0 Å². The van der Waals surface area contributed by atoms with Gasteiger partial charge in [0.2, 0.25) is 0 Å². The van der Waals surface area contributed by atoms with Gasteiger partial charge < -0.3 is 19.7 Å². The summed E-state index contributed by atoms with van der Waals surface area (Å²) in [6.07, 6.45) is 0. The normalized spacial score (nSPS) is 19.7. The van der Waals surface area contributed by atoms with Gasteiger partial charge in [0.25, 0.3) is 5.91 Å². The molecular formula is C16H23BFNO4. The van der Waals surface area contributed by atoms with Gasteiger partial charge in [-0.25, -0.2) is 4.39 Å². The van der Waals surface area contributed by atoms with Crippen molar-refractivity contribution in [2.24, 2.45) is 0 Å². The largest absolute Gasteiger partial charge is 0.497 e.